The molecule has 3 rings (SSSR count). The van der Waals surface area contributed by atoms with Gasteiger partial charge in [0.05, 0.1) is 5.92 Å². The molecule has 0 aliphatic heterocycles. The van der Waals surface area contributed by atoms with Gasteiger partial charge in [-0.3, -0.25) is 4.79 Å². The van der Waals surface area contributed by atoms with Gasteiger partial charge in [0.15, 0.2) is 5.82 Å². The molecule has 1 unspecified atom stereocenters. The molecule has 0 bridgehead atoms. The Bertz CT molecular complexity index is 845. The van der Waals surface area contributed by atoms with Gasteiger partial charge in [-0.05, 0) is 76.3 Å². The number of hydrogen-bond donors (Lipinski definition) is 0. The molecule has 0 fully saturated rings. The van der Waals surface area contributed by atoms with Gasteiger partial charge in [-0.25, -0.2) is 9.97 Å². The first-order chi connectivity index (χ1) is 13.0. The fourth-order valence-corrected chi connectivity index (χ4v) is 3.04. The third-order valence-electron chi connectivity index (χ3n) is 4.72. The van der Waals surface area contributed by atoms with Crippen molar-refractivity contribution in [3.05, 3.63) is 65.5 Å². The maximum atomic E-state index is 12.4. The SMILES string of the molecule is CC(C)=CCC1=CCC(C(=O)Oc2ccc(-c3ncc(C)cn3)cc2)CC1. The molecule has 0 amide bonds. The van der Waals surface area contributed by atoms with Crippen LogP contribution in [0.1, 0.15) is 45.1 Å². The Morgan fingerprint density at radius 3 is 2.48 bits per heavy atom. The van der Waals surface area contributed by atoms with E-state index in [4.69, 9.17) is 4.74 Å². The van der Waals surface area contributed by atoms with Gasteiger partial charge in [-0.15, -0.1) is 0 Å². The van der Waals surface area contributed by atoms with Gasteiger partial charge in [0.1, 0.15) is 5.75 Å². The van der Waals surface area contributed by atoms with Crippen molar-refractivity contribution in [2.24, 2.45) is 5.92 Å². The minimum atomic E-state index is -0.146. The Labute approximate surface area is 161 Å². The molecule has 0 saturated heterocycles. The number of ether oxygens (including phenoxy) is 1. The zero-order valence-corrected chi connectivity index (χ0v) is 16.2. The minimum Gasteiger partial charge on any atom is -0.426 e. The van der Waals surface area contributed by atoms with E-state index in [-0.39, 0.29) is 11.9 Å². The summed E-state index contributed by atoms with van der Waals surface area (Å²) >= 11 is 0. The van der Waals surface area contributed by atoms with Crippen LogP contribution in [-0.2, 0) is 4.79 Å². The number of hydrogen-bond acceptors (Lipinski definition) is 4. The van der Waals surface area contributed by atoms with Crippen LogP contribution >= 0.6 is 0 Å². The fourth-order valence-electron chi connectivity index (χ4n) is 3.04. The summed E-state index contributed by atoms with van der Waals surface area (Å²) in [6.07, 6.45) is 11.6. The van der Waals surface area contributed by atoms with E-state index in [1.54, 1.807) is 24.5 Å². The maximum absolute atomic E-state index is 12.4. The van der Waals surface area contributed by atoms with Crippen LogP contribution in [0.3, 0.4) is 0 Å². The number of carbonyl (C=O) groups is 1. The number of aryl methyl sites for hydroxylation is 1. The lowest BCUT2D eigenvalue weighted by Crippen LogP contribution is -2.22. The van der Waals surface area contributed by atoms with Crippen LogP contribution in [0.5, 0.6) is 5.75 Å². The van der Waals surface area contributed by atoms with Crippen LogP contribution in [-0.4, -0.2) is 15.9 Å². The molecule has 27 heavy (non-hydrogen) atoms. The molecule has 1 atom stereocenters. The number of nitrogens with zero attached hydrogens (tertiary/aromatic N) is 2. The fraction of sp³-hybridized carbons (Fsp3) is 0.348. The van der Waals surface area contributed by atoms with E-state index in [2.05, 4.69) is 36.0 Å². The monoisotopic (exact) mass is 362 g/mol. The Morgan fingerprint density at radius 2 is 1.89 bits per heavy atom. The predicted molar refractivity (Wildman–Crippen MR) is 107 cm³/mol. The van der Waals surface area contributed by atoms with E-state index >= 15 is 0 Å². The molecule has 4 heteroatoms. The number of aromatic nitrogens is 2. The van der Waals surface area contributed by atoms with Crippen molar-refractivity contribution >= 4 is 5.97 Å². The first-order valence-corrected chi connectivity index (χ1v) is 9.43. The zero-order valence-electron chi connectivity index (χ0n) is 16.2. The van der Waals surface area contributed by atoms with Crippen molar-refractivity contribution in [1.29, 1.82) is 0 Å². The molecule has 1 aliphatic carbocycles. The highest BCUT2D eigenvalue weighted by Gasteiger charge is 2.23. The molecule has 0 radical (unpaired) electrons. The van der Waals surface area contributed by atoms with Crippen molar-refractivity contribution in [1.82, 2.24) is 9.97 Å². The standard InChI is InChI=1S/C23H26N2O2/c1-16(2)4-5-18-6-8-20(9-7-18)23(26)27-21-12-10-19(11-13-21)22-24-14-17(3)15-25-22/h4,6,10-15,20H,5,7-9H2,1-3H3. The van der Waals surface area contributed by atoms with Crippen LogP contribution in [0.4, 0.5) is 0 Å². The third kappa shape index (κ3) is 5.36. The Balaban J connectivity index is 1.57. The Morgan fingerprint density at radius 1 is 1.19 bits per heavy atom. The normalized spacial score (nSPS) is 16.4. The van der Waals surface area contributed by atoms with Crippen LogP contribution in [0, 0.1) is 12.8 Å². The lowest BCUT2D eigenvalue weighted by atomic mass is 9.88. The van der Waals surface area contributed by atoms with Crippen molar-refractivity contribution in [3.63, 3.8) is 0 Å². The lowest BCUT2D eigenvalue weighted by molar-refractivity contribution is -0.139. The smallest absolute Gasteiger partial charge is 0.314 e. The highest BCUT2D eigenvalue weighted by molar-refractivity contribution is 5.75. The highest BCUT2D eigenvalue weighted by Crippen LogP contribution is 2.28. The van der Waals surface area contributed by atoms with Crippen molar-refractivity contribution < 1.29 is 9.53 Å². The molecule has 1 heterocycles. The average molecular weight is 362 g/mol. The van der Waals surface area contributed by atoms with Crippen LogP contribution < -0.4 is 4.74 Å². The second kappa shape index (κ2) is 8.76. The molecular weight excluding hydrogens is 336 g/mol. The predicted octanol–water partition coefficient (Wildman–Crippen LogP) is 5.44. The Hall–Kier alpha value is -2.75. The van der Waals surface area contributed by atoms with E-state index in [1.165, 1.54) is 11.1 Å². The minimum absolute atomic E-state index is 0.0550. The lowest BCUT2D eigenvalue weighted by Gasteiger charge is -2.20. The number of allylic oxidation sites excluding steroid dienone is 4. The highest BCUT2D eigenvalue weighted by atomic mass is 16.5. The van der Waals surface area contributed by atoms with Gasteiger partial charge in [-0.1, -0.05) is 23.3 Å². The molecule has 1 aliphatic rings. The molecule has 140 valence electrons. The molecule has 0 saturated carbocycles. The van der Waals surface area contributed by atoms with E-state index in [1.807, 2.05) is 19.1 Å². The molecule has 0 N–H and O–H groups in total. The van der Waals surface area contributed by atoms with Gasteiger partial charge in [0.2, 0.25) is 0 Å². The summed E-state index contributed by atoms with van der Waals surface area (Å²) in [6, 6.07) is 7.36. The summed E-state index contributed by atoms with van der Waals surface area (Å²) < 4.78 is 5.58. The van der Waals surface area contributed by atoms with Crippen molar-refractivity contribution in [3.8, 4) is 17.1 Å². The average Bonchev–Trinajstić information content (AvgIpc) is 2.68. The molecule has 4 nitrogen and oxygen atoms in total. The first kappa shape index (κ1) is 19.0. The summed E-state index contributed by atoms with van der Waals surface area (Å²) in [5.74, 6) is 1.03. The third-order valence-corrected chi connectivity index (χ3v) is 4.72. The van der Waals surface area contributed by atoms with Gasteiger partial charge in [-0.2, -0.15) is 0 Å². The summed E-state index contributed by atoms with van der Waals surface area (Å²) in [6.45, 7) is 6.18. The van der Waals surface area contributed by atoms with Gasteiger partial charge in [0, 0.05) is 18.0 Å². The van der Waals surface area contributed by atoms with Crippen LogP contribution in [0.2, 0.25) is 0 Å². The number of esters is 1. The first-order valence-electron chi connectivity index (χ1n) is 9.43. The zero-order chi connectivity index (χ0) is 19.2. The van der Waals surface area contributed by atoms with Gasteiger partial charge < -0.3 is 4.74 Å². The van der Waals surface area contributed by atoms with Crippen LogP contribution in [0.25, 0.3) is 11.4 Å². The largest absolute Gasteiger partial charge is 0.426 e. The molecule has 0 spiro atoms. The number of benzene rings is 1. The van der Waals surface area contributed by atoms with E-state index < -0.39 is 0 Å². The molecule has 1 aromatic carbocycles. The van der Waals surface area contributed by atoms with Gasteiger partial charge >= 0.3 is 5.97 Å². The van der Waals surface area contributed by atoms with Crippen molar-refractivity contribution in [2.45, 2.75) is 46.5 Å². The summed E-state index contributed by atoms with van der Waals surface area (Å²) in [5.41, 5.74) is 4.67. The summed E-state index contributed by atoms with van der Waals surface area (Å²) in [4.78, 5) is 21.1. The summed E-state index contributed by atoms with van der Waals surface area (Å²) in [7, 11) is 0. The molecule has 1 aromatic heterocycles. The van der Waals surface area contributed by atoms with Crippen molar-refractivity contribution in [2.75, 3.05) is 0 Å². The molecule has 2 aromatic rings. The second-order valence-electron chi connectivity index (χ2n) is 7.35. The van der Waals surface area contributed by atoms with E-state index in [0.29, 0.717) is 11.6 Å². The number of carbonyl (C=O) groups excluding carboxylic acids is 1. The second-order valence-corrected chi connectivity index (χ2v) is 7.35. The topological polar surface area (TPSA) is 52.1 Å². The van der Waals surface area contributed by atoms with Crippen LogP contribution in [0.15, 0.2) is 60.0 Å². The summed E-state index contributed by atoms with van der Waals surface area (Å²) in [5, 5.41) is 0. The maximum Gasteiger partial charge on any atom is 0.314 e. The van der Waals surface area contributed by atoms with E-state index in [0.717, 1.165) is 36.8 Å². The quantitative estimate of drug-likeness (QED) is 0.404. The molecular formula is C23H26N2O2. The Kier molecular flexibility index (Phi) is 6.17. The number of rotatable bonds is 5. The van der Waals surface area contributed by atoms with E-state index in [9.17, 15) is 4.79 Å². The van der Waals surface area contributed by atoms with Gasteiger partial charge in [0.25, 0.3) is 0 Å².